The summed E-state index contributed by atoms with van der Waals surface area (Å²) in [5, 5.41) is 10.7. The number of anilines is 1. The molecule has 1 aromatic carbocycles. The number of benzene rings is 1. The summed E-state index contributed by atoms with van der Waals surface area (Å²) in [6, 6.07) is 6.65. The van der Waals surface area contributed by atoms with Crippen LogP contribution >= 0.6 is 0 Å². The Bertz CT molecular complexity index is 350. The predicted octanol–water partition coefficient (Wildman–Crippen LogP) is 2.22. The van der Waals surface area contributed by atoms with Gasteiger partial charge in [-0.1, -0.05) is 18.2 Å². The lowest BCUT2D eigenvalue weighted by atomic mass is 10.2. The van der Waals surface area contributed by atoms with Gasteiger partial charge in [0.15, 0.2) is 0 Å². The van der Waals surface area contributed by atoms with Gasteiger partial charge >= 0.3 is 0 Å². The molecule has 4 heteroatoms. The Morgan fingerprint density at radius 3 is 2.79 bits per heavy atom. The van der Waals surface area contributed by atoms with Crippen LogP contribution in [0.15, 0.2) is 36.9 Å². The molecule has 74 valence electrons. The van der Waals surface area contributed by atoms with E-state index in [4.69, 9.17) is 0 Å². The van der Waals surface area contributed by atoms with Gasteiger partial charge in [-0.15, -0.1) is 6.58 Å². The van der Waals surface area contributed by atoms with Crippen molar-refractivity contribution >= 4 is 11.4 Å². The maximum atomic E-state index is 10.7. The van der Waals surface area contributed by atoms with Gasteiger partial charge in [0.1, 0.15) is 5.69 Å². The predicted molar refractivity (Wildman–Crippen MR) is 56.6 cm³/mol. The van der Waals surface area contributed by atoms with Crippen molar-refractivity contribution in [2.75, 3.05) is 18.5 Å². The first-order valence-corrected chi connectivity index (χ1v) is 4.22. The summed E-state index contributed by atoms with van der Waals surface area (Å²) >= 11 is 0. The van der Waals surface area contributed by atoms with Gasteiger partial charge in [0.25, 0.3) is 5.69 Å². The molecular weight excluding hydrogens is 180 g/mol. The van der Waals surface area contributed by atoms with E-state index >= 15 is 0 Å². The van der Waals surface area contributed by atoms with E-state index in [0.717, 1.165) is 0 Å². The summed E-state index contributed by atoms with van der Waals surface area (Å²) in [7, 11) is 1.80. The number of nitrogens with zero attached hydrogens (tertiary/aromatic N) is 2. The van der Waals surface area contributed by atoms with Gasteiger partial charge in [-0.2, -0.15) is 0 Å². The standard InChI is InChI=1S/C10H12N2O2/c1-3-8-11(2)9-6-4-5-7-10(9)12(13)14/h3-7H,1,8H2,2H3. The molecule has 0 unspecified atom stereocenters. The largest absolute Gasteiger partial charge is 0.365 e. The average molecular weight is 192 g/mol. The Labute approximate surface area is 82.6 Å². The Morgan fingerprint density at radius 1 is 1.57 bits per heavy atom. The van der Waals surface area contributed by atoms with Gasteiger partial charge in [0.05, 0.1) is 4.92 Å². The highest BCUT2D eigenvalue weighted by Crippen LogP contribution is 2.26. The second-order valence-electron chi connectivity index (χ2n) is 2.92. The number of nitro benzene ring substituents is 1. The number of likely N-dealkylation sites (N-methyl/N-ethyl adjacent to an activating group) is 1. The number of hydrogen-bond donors (Lipinski definition) is 0. The highest BCUT2D eigenvalue weighted by atomic mass is 16.6. The minimum Gasteiger partial charge on any atom is -0.365 e. The first-order valence-electron chi connectivity index (χ1n) is 4.22. The van der Waals surface area contributed by atoms with Crippen LogP contribution in [0, 0.1) is 10.1 Å². The lowest BCUT2D eigenvalue weighted by Gasteiger charge is -2.16. The molecular formula is C10H12N2O2. The maximum absolute atomic E-state index is 10.7. The van der Waals surface area contributed by atoms with Crippen LogP contribution in [0.3, 0.4) is 0 Å². The third kappa shape index (κ3) is 2.10. The molecule has 0 bridgehead atoms. The summed E-state index contributed by atoms with van der Waals surface area (Å²) in [6.07, 6.45) is 1.71. The first kappa shape index (κ1) is 10.2. The fourth-order valence-corrected chi connectivity index (χ4v) is 1.23. The lowest BCUT2D eigenvalue weighted by molar-refractivity contribution is -0.384. The molecule has 0 radical (unpaired) electrons. The van der Waals surface area contributed by atoms with Crippen molar-refractivity contribution in [1.29, 1.82) is 0 Å². The SMILES string of the molecule is C=CCN(C)c1ccccc1[N+](=O)[O-]. The fraction of sp³-hybridized carbons (Fsp3) is 0.200. The molecule has 4 nitrogen and oxygen atoms in total. The highest BCUT2D eigenvalue weighted by Gasteiger charge is 2.14. The number of para-hydroxylation sites is 2. The Morgan fingerprint density at radius 2 is 2.21 bits per heavy atom. The maximum Gasteiger partial charge on any atom is 0.292 e. The minimum atomic E-state index is -0.380. The Hall–Kier alpha value is -1.84. The zero-order chi connectivity index (χ0) is 10.6. The highest BCUT2D eigenvalue weighted by molar-refractivity contribution is 5.62. The van der Waals surface area contributed by atoms with Crippen molar-refractivity contribution < 1.29 is 4.92 Å². The van der Waals surface area contributed by atoms with Crippen molar-refractivity contribution in [3.05, 3.63) is 47.0 Å². The second-order valence-corrected chi connectivity index (χ2v) is 2.92. The molecule has 0 atom stereocenters. The molecule has 0 N–H and O–H groups in total. The van der Waals surface area contributed by atoms with Gasteiger partial charge in [-0.3, -0.25) is 10.1 Å². The van der Waals surface area contributed by atoms with Gasteiger partial charge in [-0.05, 0) is 6.07 Å². The molecule has 0 amide bonds. The number of rotatable bonds is 4. The minimum absolute atomic E-state index is 0.122. The van der Waals surface area contributed by atoms with Crippen molar-refractivity contribution in [2.45, 2.75) is 0 Å². The lowest BCUT2D eigenvalue weighted by Crippen LogP contribution is -2.17. The molecule has 0 aromatic heterocycles. The van der Waals surface area contributed by atoms with Crippen LogP contribution in [0.2, 0.25) is 0 Å². The monoisotopic (exact) mass is 192 g/mol. The zero-order valence-electron chi connectivity index (χ0n) is 8.01. The molecule has 0 saturated heterocycles. The molecule has 0 aliphatic carbocycles. The molecule has 0 saturated carbocycles. The van der Waals surface area contributed by atoms with Crippen LogP contribution in [0.5, 0.6) is 0 Å². The van der Waals surface area contributed by atoms with E-state index in [1.54, 1.807) is 36.2 Å². The van der Waals surface area contributed by atoms with Crippen molar-refractivity contribution in [1.82, 2.24) is 0 Å². The van der Waals surface area contributed by atoms with E-state index in [1.165, 1.54) is 6.07 Å². The normalized spacial score (nSPS) is 9.50. The topological polar surface area (TPSA) is 46.4 Å². The molecule has 0 heterocycles. The van der Waals surface area contributed by atoms with Crippen molar-refractivity contribution in [2.24, 2.45) is 0 Å². The third-order valence-electron chi connectivity index (χ3n) is 1.89. The van der Waals surface area contributed by atoms with Gasteiger partial charge in [-0.25, -0.2) is 0 Å². The molecule has 0 spiro atoms. The molecule has 1 rings (SSSR count). The smallest absolute Gasteiger partial charge is 0.292 e. The van der Waals surface area contributed by atoms with Crippen molar-refractivity contribution in [3.63, 3.8) is 0 Å². The summed E-state index contributed by atoms with van der Waals surface area (Å²) in [4.78, 5) is 12.1. The Balaban J connectivity index is 3.06. The van der Waals surface area contributed by atoms with Crippen LogP contribution in [0.4, 0.5) is 11.4 Å². The van der Waals surface area contributed by atoms with E-state index < -0.39 is 0 Å². The van der Waals surface area contributed by atoms with E-state index in [-0.39, 0.29) is 10.6 Å². The zero-order valence-corrected chi connectivity index (χ0v) is 8.01. The van der Waals surface area contributed by atoms with E-state index in [1.807, 2.05) is 0 Å². The molecule has 0 aliphatic heterocycles. The number of hydrogen-bond acceptors (Lipinski definition) is 3. The van der Waals surface area contributed by atoms with Crippen LogP contribution in [-0.4, -0.2) is 18.5 Å². The quantitative estimate of drug-likeness (QED) is 0.417. The van der Waals surface area contributed by atoms with Crippen molar-refractivity contribution in [3.8, 4) is 0 Å². The van der Waals surface area contributed by atoms with Crippen LogP contribution in [0.1, 0.15) is 0 Å². The van der Waals surface area contributed by atoms with Gasteiger partial charge in [0, 0.05) is 19.7 Å². The van der Waals surface area contributed by atoms with Gasteiger partial charge < -0.3 is 4.90 Å². The number of nitro groups is 1. The first-order chi connectivity index (χ1) is 6.66. The molecule has 0 aliphatic rings. The summed E-state index contributed by atoms with van der Waals surface area (Å²) in [5.41, 5.74) is 0.731. The molecule has 0 fully saturated rings. The summed E-state index contributed by atoms with van der Waals surface area (Å²) in [5.74, 6) is 0. The van der Waals surface area contributed by atoms with Crippen LogP contribution < -0.4 is 4.90 Å². The van der Waals surface area contributed by atoms with Crippen LogP contribution in [-0.2, 0) is 0 Å². The van der Waals surface area contributed by atoms with Gasteiger partial charge in [0.2, 0.25) is 0 Å². The van der Waals surface area contributed by atoms with Crippen LogP contribution in [0.25, 0.3) is 0 Å². The van der Waals surface area contributed by atoms with E-state index in [9.17, 15) is 10.1 Å². The Kier molecular flexibility index (Phi) is 3.23. The summed E-state index contributed by atoms with van der Waals surface area (Å²) in [6.45, 7) is 4.18. The van der Waals surface area contributed by atoms with E-state index in [0.29, 0.717) is 12.2 Å². The molecule has 1 aromatic rings. The second kappa shape index (κ2) is 4.41. The average Bonchev–Trinajstić information content (AvgIpc) is 2.18. The van der Waals surface area contributed by atoms with E-state index in [2.05, 4.69) is 6.58 Å². The fourth-order valence-electron chi connectivity index (χ4n) is 1.23. The third-order valence-corrected chi connectivity index (χ3v) is 1.89. The molecule has 14 heavy (non-hydrogen) atoms. The summed E-state index contributed by atoms with van der Waals surface area (Å²) < 4.78 is 0.